The summed E-state index contributed by atoms with van der Waals surface area (Å²) in [6, 6.07) is 0. The van der Waals surface area contributed by atoms with E-state index in [-0.39, 0.29) is 23.9 Å². The zero-order valence-corrected chi connectivity index (χ0v) is 13.9. The van der Waals surface area contributed by atoms with Gasteiger partial charge in [-0.15, -0.1) is 5.10 Å². The molecular formula is C16H21N3O4. The second kappa shape index (κ2) is 6.68. The van der Waals surface area contributed by atoms with E-state index in [4.69, 9.17) is 9.47 Å². The highest BCUT2D eigenvalue weighted by molar-refractivity contribution is 6.24. The SMILES string of the molecule is CCOC(=O)c1c(C)[nH]c(C=C2C(=O)NN=C2OC(C)C)c1C. The summed E-state index contributed by atoms with van der Waals surface area (Å²) in [7, 11) is 0. The Morgan fingerprint density at radius 3 is 2.65 bits per heavy atom. The topological polar surface area (TPSA) is 92.8 Å². The quantitative estimate of drug-likeness (QED) is 0.656. The van der Waals surface area contributed by atoms with Gasteiger partial charge in [0.1, 0.15) is 5.57 Å². The summed E-state index contributed by atoms with van der Waals surface area (Å²) in [4.78, 5) is 27.1. The number of aromatic amines is 1. The minimum absolute atomic E-state index is 0.105. The van der Waals surface area contributed by atoms with Crippen molar-refractivity contribution in [2.45, 2.75) is 40.7 Å². The fourth-order valence-corrected chi connectivity index (χ4v) is 2.33. The van der Waals surface area contributed by atoms with Crippen molar-refractivity contribution in [3.63, 3.8) is 0 Å². The minimum atomic E-state index is -0.383. The highest BCUT2D eigenvalue weighted by atomic mass is 16.5. The molecule has 2 N–H and O–H groups in total. The number of aromatic nitrogens is 1. The Bertz CT molecular complexity index is 698. The van der Waals surface area contributed by atoms with E-state index in [2.05, 4.69) is 15.5 Å². The van der Waals surface area contributed by atoms with E-state index in [1.807, 2.05) is 13.8 Å². The van der Waals surface area contributed by atoms with Crippen LogP contribution in [0.5, 0.6) is 0 Å². The smallest absolute Gasteiger partial charge is 0.340 e. The summed E-state index contributed by atoms with van der Waals surface area (Å²) in [5.74, 6) is -0.481. The van der Waals surface area contributed by atoms with Crippen LogP contribution >= 0.6 is 0 Å². The van der Waals surface area contributed by atoms with Crippen molar-refractivity contribution in [2.24, 2.45) is 5.10 Å². The van der Waals surface area contributed by atoms with Gasteiger partial charge in [-0.2, -0.15) is 0 Å². The fourth-order valence-electron chi connectivity index (χ4n) is 2.33. The molecule has 0 aliphatic carbocycles. The summed E-state index contributed by atoms with van der Waals surface area (Å²) in [6.07, 6.45) is 1.53. The lowest BCUT2D eigenvalue weighted by Crippen LogP contribution is -2.16. The molecule has 0 unspecified atom stereocenters. The molecular weight excluding hydrogens is 298 g/mol. The maximum atomic E-state index is 12.0. The van der Waals surface area contributed by atoms with Gasteiger partial charge in [-0.25, -0.2) is 10.2 Å². The monoisotopic (exact) mass is 319 g/mol. The first-order valence-electron chi connectivity index (χ1n) is 7.48. The van der Waals surface area contributed by atoms with Crippen LogP contribution in [0.25, 0.3) is 6.08 Å². The zero-order valence-electron chi connectivity index (χ0n) is 13.9. The molecule has 1 aliphatic rings. The molecule has 1 amide bonds. The molecule has 0 atom stereocenters. The molecule has 1 aliphatic heterocycles. The normalized spacial score (nSPS) is 15.8. The second-order valence-corrected chi connectivity index (χ2v) is 5.47. The van der Waals surface area contributed by atoms with Crippen molar-refractivity contribution in [1.29, 1.82) is 0 Å². The zero-order chi connectivity index (χ0) is 17.1. The number of esters is 1. The summed E-state index contributed by atoms with van der Waals surface area (Å²) >= 11 is 0. The van der Waals surface area contributed by atoms with Crippen LogP contribution in [0, 0.1) is 13.8 Å². The number of ether oxygens (including phenoxy) is 2. The van der Waals surface area contributed by atoms with E-state index < -0.39 is 0 Å². The Morgan fingerprint density at radius 1 is 1.35 bits per heavy atom. The van der Waals surface area contributed by atoms with E-state index in [9.17, 15) is 9.59 Å². The summed E-state index contributed by atoms with van der Waals surface area (Å²) in [5.41, 5.74) is 5.24. The van der Waals surface area contributed by atoms with Crippen molar-refractivity contribution >= 4 is 23.9 Å². The maximum absolute atomic E-state index is 12.0. The molecule has 2 rings (SSSR count). The number of hydrogen-bond donors (Lipinski definition) is 2. The highest BCUT2D eigenvalue weighted by Gasteiger charge is 2.26. The number of amides is 1. The van der Waals surface area contributed by atoms with Crippen molar-refractivity contribution in [3.8, 4) is 0 Å². The lowest BCUT2D eigenvalue weighted by molar-refractivity contribution is -0.116. The molecule has 7 nitrogen and oxygen atoms in total. The van der Waals surface area contributed by atoms with Crippen molar-refractivity contribution in [1.82, 2.24) is 10.4 Å². The molecule has 0 saturated carbocycles. The fraction of sp³-hybridized carbons (Fsp3) is 0.438. The van der Waals surface area contributed by atoms with Crippen LogP contribution in [0.15, 0.2) is 10.7 Å². The van der Waals surface area contributed by atoms with E-state index in [1.54, 1.807) is 26.8 Å². The number of nitrogens with zero attached hydrogens (tertiary/aromatic N) is 1. The summed E-state index contributed by atoms with van der Waals surface area (Å²) in [5, 5.41) is 3.88. The van der Waals surface area contributed by atoms with Crippen molar-refractivity contribution in [2.75, 3.05) is 6.61 Å². The molecule has 0 spiro atoms. The molecule has 0 fully saturated rings. The lowest BCUT2D eigenvalue weighted by Gasteiger charge is -2.08. The van der Waals surface area contributed by atoms with Crippen LogP contribution in [0.1, 0.15) is 48.1 Å². The Labute approximate surface area is 134 Å². The van der Waals surface area contributed by atoms with Crippen LogP contribution in [0.3, 0.4) is 0 Å². The van der Waals surface area contributed by atoms with Gasteiger partial charge in [0.15, 0.2) is 0 Å². The second-order valence-electron chi connectivity index (χ2n) is 5.47. The number of carbonyl (C=O) groups is 2. The Kier molecular flexibility index (Phi) is 4.88. The third-order valence-corrected chi connectivity index (χ3v) is 3.33. The Morgan fingerprint density at radius 2 is 2.04 bits per heavy atom. The molecule has 2 heterocycles. The van der Waals surface area contributed by atoms with Crippen LogP contribution < -0.4 is 5.43 Å². The summed E-state index contributed by atoms with van der Waals surface area (Å²) in [6.45, 7) is 9.36. The van der Waals surface area contributed by atoms with Gasteiger partial charge >= 0.3 is 5.97 Å². The van der Waals surface area contributed by atoms with Crippen LogP contribution in [-0.2, 0) is 14.3 Å². The third-order valence-electron chi connectivity index (χ3n) is 3.33. The Balaban J connectivity index is 2.39. The van der Waals surface area contributed by atoms with Gasteiger partial charge in [0, 0.05) is 11.4 Å². The number of hydrazone groups is 1. The standard InChI is InChI=1S/C16H21N3O4/c1-6-22-16(21)13-9(4)12(17-10(13)5)7-11-14(20)18-19-15(11)23-8(2)3/h7-8,17H,6H2,1-5H3,(H,18,20). The molecule has 124 valence electrons. The highest BCUT2D eigenvalue weighted by Crippen LogP contribution is 2.22. The van der Waals surface area contributed by atoms with Crippen molar-refractivity contribution in [3.05, 3.63) is 28.1 Å². The lowest BCUT2D eigenvalue weighted by atomic mass is 10.1. The molecule has 0 saturated heterocycles. The van der Waals surface area contributed by atoms with Crippen LogP contribution in [0.2, 0.25) is 0 Å². The number of carbonyl (C=O) groups excluding carboxylic acids is 2. The molecule has 0 radical (unpaired) electrons. The number of rotatable bonds is 4. The first-order chi connectivity index (χ1) is 10.8. The molecule has 23 heavy (non-hydrogen) atoms. The van der Waals surface area contributed by atoms with Gasteiger partial charge in [-0.05, 0) is 46.3 Å². The largest absolute Gasteiger partial charge is 0.473 e. The number of aryl methyl sites for hydroxylation is 1. The number of H-pyrrole nitrogens is 1. The summed E-state index contributed by atoms with van der Waals surface area (Å²) < 4.78 is 10.6. The predicted molar refractivity (Wildman–Crippen MR) is 86.0 cm³/mol. The molecule has 7 heteroatoms. The van der Waals surface area contributed by atoms with E-state index in [1.165, 1.54) is 0 Å². The minimum Gasteiger partial charge on any atom is -0.473 e. The average molecular weight is 319 g/mol. The van der Waals surface area contributed by atoms with Gasteiger partial charge in [0.2, 0.25) is 5.90 Å². The molecule has 1 aromatic heterocycles. The average Bonchev–Trinajstić information content (AvgIpc) is 2.93. The van der Waals surface area contributed by atoms with Gasteiger partial charge in [-0.1, -0.05) is 0 Å². The Hall–Kier alpha value is -2.57. The first kappa shape index (κ1) is 16.8. The number of nitrogens with one attached hydrogen (secondary N) is 2. The number of hydrogen-bond acceptors (Lipinski definition) is 5. The van der Waals surface area contributed by atoms with Crippen LogP contribution in [-0.4, -0.2) is 35.5 Å². The maximum Gasteiger partial charge on any atom is 0.340 e. The van der Waals surface area contributed by atoms with Gasteiger partial charge in [0.05, 0.1) is 18.3 Å². The molecule has 0 aromatic carbocycles. The van der Waals surface area contributed by atoms with Gasteiger partial charge in [0.25, 0.3) is 5.91 Å². The van der Waals surface area contributed by atoms with E-state index in [0.717, 1.165) is 5.56 Å². The van der Waals surface area contributed by atoms with Crippen LogP contribution in [0.4, 0.5) is 0 Å². The van der Waals surface area contributed by atoms with E-state index in [0.29, 0.717) is 29.1 Å². The van der Waals surface area contributed by atoms with Gasteiger partial charge in [-0.3, -0.25) is 4.79 Å². The molecule has 1 aromatic rings. The first-order valence-corrected chi connectivity index (χ1v) is 7.48. The molecule has 0 bridgehead atoms. The van der Waals surface area contributed by atoms with E-state index >= 15 is 0 Å². The van der Waals surface area contributed by atoms with Crippen molar-refractivity contribution < 1.29 is 19.1 Å². The predicted octanol–water partition coefficient (Wildman–Crippen LogP) is 2.06. The van der Waals surface area contributed by atoms with Gasteiger partial charge < -0.3 is 14.5 Å². The third kappa shape index (κ3) is 3.44.